The number of esters is 3. The average molecular weight is 1120 g/mol. The number of allylic oxidation sites excluding steroid dienone is 24. The minimum absolute atomic E-state index is 0.0844. The third-order valence-corrected chi connectivity index (χ3v) is 13.8. The van der Waals surface area contributed by atoms with Gasteiger partial charge in [-0.05, 0) is 122 Å². The molecule has 0 bridgehead atoms. The summed E-state index contributed by atoms with van der Waals surface area (Å²) in [7, 11) is 0. The van der Waals surface area contributed by atoms with E-state index in [0.717, 1.165) is 148 Å². The first-order valence-electron chi connectivity index (χ1n) is 33.3. The molecule has 0 amide bonds. The quantitative estimate of drug-likeness (QED) is 0.0261. The summed E-state index contributed by atoms with van der Waals surface area (Å²) in [5, 5.41) is 0. The van der Waals surface area contributed by atoms with Crippen LogP contribution < -0.4 is 0 Å². The van der Waals surface area contributed by atoms with Crippen molar-refractivity contribution in [3.05, 3.63) is 146 Å². The molecule has 0 saturated heterocycles. The van der Waals surface area contributed by atoms with Gasteiger partial charge in [0.25, 0.3) is 0 Å². The normalized spacial score (nSPS) is 13.1. The van der Waals surface area contributed by atoms with Gasteiger partial charge in [-0.3, -0.25) is 14.4 Å². The zero-order valence-electron chi connectivity index (χ0n) is 52.5. The predicted molar refractivity (Wildman–Crippen MR) is 352 cm³/mol. The van der Waals surface area contributed by atoms with Crippen LogP contribution in [0.3, 0.4) is 0 Å². The number of carbonyl (C=O) groups is 3. The second kappa shape index (κ2) is 67.8. The van der Waals surface area contributed by atoms with E-state index >= 15 is 0 Å². The van der Waals surface area contributed by atoms with E-state index < -0.39 is 6.10 Å². The molecular formula is C75H122O6. The van der Waals surface area contributed by atoms with Gasteiger partial charge in [0.1, 0.15) is 13.2 Å². The lowest BCUT2D eigenvalue weighted by Crippen LogP contribution is -2.30. The second-order valence-corrected chi connectivity index (χ2v) is 21.6. The number of rotatable bonds is 59. The summed E-state index contributed by atoms with van der Waals surface area (Å²) in [6.07, 6.45) is 97.6. The summed E-state index contributed by atoms with van der Waals surface area (Å²) in [6.45, 7) is 6.33. The number of carbonyl (C=O) groups excluding carboxylic acids is 3. The van der Waals surface area contributed by atoms with Crippen LogP contribution in [-0.2, 0) is 28.6 Å². The highest BCUT2D eigenvalue weighted by molar-refractivity contribution is 5.71. The van der Waals surface area contributed by atoms with Gasteiger partial charge in [-0.25, -0.2) is 0 Å². The van der Waals surface area contributed by atoms with Crippen molar-refractivity contribution in [1.29, 1.82) is 0 Å². The predicted octanol–water partition coefficient (Wildman–Crippen LogP) is 23.1. The molecule has 0 aliphatic rings. The molecule has 0 aromatic heterocycles. The standard InChI is InChI=1S/C75H122O6/c1-4-7-10-13-15-17-19-21-23-25-27-29-31-33-35-36-37-38-40-41-43-45-47-49-51-53-55-57-59-62-65-68-74(77)80-71-72(70-79-73(76)67-64-61-12-9-6-3)81-75(78)69-66-63-60-58-56-54-52-50-48-46-44-42-39-34-32-30-28-26-24-22-20-18-16-14-11-8-5-2/h7-8,10-11,15-18,21-24,27-30,33-35,37-39,41,43,72H,4-6,9,12-14,19-20,25-26,31-32,36,40,42,44-71H2,1-3H3/b10-7-,11-8-,17-15-,18-16-,23-21-,24-22-,29-27-,30-28-,35-33-,38-37-,39-34-,43-41-. The van der Waals surface area contributed by atoms with Crippen LogP contribution in [-0.4, -0.2) is 37.2 Å². The SMILES string of the molecule is CC/C=C\C/C=C\C/C=C\C/C=C\C/C=C\C/C=C\C/C=C\CCCCCCCCCCCC(=O)OCC(COC(=O)CCCCCCC)OC(=O)CCCCCCCCCCCCC/C=C\C/C=C\C/C=C\C/C=C\C/C=C\CC. The summed E-state index contributed by atoms with van der Waals surface area (Å²) in [6, 6.07) is 0. The second-order valence-electron chi connectivity index (χ2n) is 21.6. The minimum Gasteiger partial charge on any atom is -0.462 e. The first-order chi connectivity index (χ1) is 40.0. The fraction of sp³-hybridized carbons (Fsp3) is 0.640. The third kappa shape index (κ3) is 66.0. The molecule has 81 heavy (non-hydrogen) atoms. The van der Waals surface area contributed by atoms with Crippen molar-refractivity contribution in [1.82, 2.24) is 0 Å². The monoisotopic (exact) mass is 1120 g/mol. The van der Waals surface area contributed by atoms with Crippen LogP contribution in [0.2, 0.25) is 0 Å². The molecule has 0 aliphatic heterocycles. The topological polar surface area (TPSA) is 78.9 Å². The van der Waals surface area contributed by atoms with Crippen molar-refractivity contribution in [3.8, 4) is 0 Å². The average Bonchev–Trinajstić information content (AvgIpc) is 3.47. The summed E-state index contributed by atoms with van der Waals surface area (Å²) >= 11 is 0. The Balaban J connectivity index is 4.08. The van der Waals surface area contributed by atoms with E-state index in [0.29, 0.717) is 19.3 Å². The molecule has 0 aromatic carbocycles. The first kappa shape index (κ1) is 76.3. The molecule has 6 nitrogen and oxygen atoms in total. The molecule has 0 aliphatic carbocycles. The fourth-order valence-corrected chi connectivity index (χ4v) is 8.92. The highest BCUT2D eigenvalue weighted by Crippen LogP contribution is 2.16. The van der Waals surface area contributed by atoms with Gasteiger partial charge in [0.15, 0.2) is 6.10 Å². The first-order valence-corrected chi connectivity index (χ1v) is 33.3. The Morgan fingerprint density at radius 3 is 0.753 bits per heavy atom. The summed E-state index contributed by atoms with van der Waals surface area (Å²) < 4.78 is 16.8. The van der Waals surface area contributed by atoms with Crippen molar-refractivity contribution < 1.29 is 28.6 Å². The third-order valence-electron chi connectivity index (χ3n) is 13.8. The van der Waals surface area contributed by atoms with Crippen LogP contribution in [0.5, 0.6) is 0 Å². The smallest absolute Gasteiger partial charge is 0.306 e. The highest BCUT2D eigenvalue weighted by atomic mass is 16.6. The van der Waals surface area contributed by atoms with E-state index in [1.165, 1.54) is 103 Å². The molecule has 1 unspecified atom stereocenters. The van der Waals surface area contributed by atoms with E-state index in [1.807, 2.05) is 0 Å². The minimum atomic E-state index is -0.784. The van der Waals surface area contributed by atoms with Gasteiger partial charge in [-0.1, -0.05) is 295 Å². The Morgan fingerprint density at radius 2 is 0.481 bits per heavy atom. The van der Waals surface area contributed by atoms with Crippen LogP contribution in [0.1, 0.15) is 290 Å². The maximum atomic E-state index is 12.9. The van der Waals surface area contributed by atoms with Crippen molar-refractivity contribution in [2.24, 2.45) is 0 Å². The van der Waals surface area contributed by atoms with Gasteiger partial charge >= 0.3 is 17.9 Å². The number of unbranched alkanes of at least 4 members (excludes halogenated alkanes) is 24. The molecule has 1 atom stereocenters. The van der Waals surface area contributed by atoms with Gasteiger partial charge in [0, 0.05) is 19.3 Å². The maximum absolute atomic E-state index is 12.9. The molecule has 0 fully saturated rings. The molecule has 0 heterocycles. The molecule has 0 rings (SSSR count). The lowest BCUT2D eigenvalue weighted by Gasteiger charge is -2.18. The molecule has 0 N–H and O–H groups in total. The van der Waals surface area contributed by atoms with E-state index in [-0.39, 0.29) is 31.1 Å². The van der Waals surface area contributed by atoms with Crippen LogP contribution in [0.15, 0.2) is 146 Å². The summed E-state index contributed by atoms with van der Waals surface area (Å²) in [5.41, 5.74) is 0. The van der Waals surface area contributed by atoms with Crippen molar-refractivity contribution >= 4 is 17.9 Å². The van der Waals surface area contributed by atoms with Gasteiger partial charge < -0.3 is 14.2 Å². The number of hydrogen-bond acceptors (Lipinski definition) is 6. The van der Waals surface area contributed by atoms with Crippen molar-refractivity contribution in [3.63, 3.8) is 0 Å². The molecule has 6 heteroatoms. The Morgan fingerprint density at radius 1 is 0.259 bits per heavy atom. The molecular weight excluding hydrogens is 997 g/mol. The molecule has 458 valence electrons. The number of ether oxygens (including phenoxy) is 3. The summed E-state index contributed by atoms with van der Waals surface area (Å²) in [5.74, 6) is -0.906. The van der Waals surface area contributed by atoms with E-state index in [1.54, 1.807) is 0 Å². The van der Waals surface area contributed by atoms with Gasteiger partial charge in [-0.2, -0.15) is 0 Å². The van der Waals surface area contributed by atoms with Gasteiger partial charge in [0.05, 0.1) is 0 Å². The summed E-state index contributed by atoms with van der Waals surface area (Å²) in [4.78, 5) is 38.0. The van der Waals surface area contributed by atoms with Crippen molar-refractivity contribution in [2.45, 2.75) is 297 Å². The zero-order valence-corrected chi connectivity index (χ0v) is 52.5. The van der Waals surface area contributed by atoms with E-state index in [2.05, 4.69) is 167 Å². The number of hydrogen-bond donors (Lipinski definition) is 0. The van der Waals surface area contributed by atoms with E-state index in [4.69, 9.17) is 14.2 Å². The van der Waals surface area contributed by atoms with Crippen LogP contribution in [0, 0.1) is 0 Å². The van der Waals surface area contributed by atoms with Crippen LogP contribution in [0.25, 0.3) is 0 Å². The Bertz CT molecular complexity index is 1760. The molecule has 0 radical (unpaired) electrons. The van der Waals surface area contributed by atoms with Crippen LogP contribution >= 0.6 is 0 Å². The largest absolute Gasteiger partial charge is 0.462 e. The molecule has 0 spiro atoms. The lowest BCUT2D eigenvalue weighted by atomic mass is 10.0. The van der Waals surface area contributed by atoms with Crippen LogP contribution in [0.4, 0.5) is 0 Å². The fourth-order valence-electron chi connectivity index (χ4n) is 8.92. The van der Waals surface area contributed by atoms with Crippen molar-refractivity contribution in [2.75, 3.05) is 13.2 Å². The van der Waals surface area contributed by atoms with Gasteiger partial charge in [0.2, 0.25) is 0 Å². The van der Waals surface area contributed by atoms with E-state index in [9.17, 15) is 14.4 Å². The Hall–Kier alpha value is -4.71. The van der Waals surface area contributed by atoms with Gasteiger partial charge in [-0.15, -0.1) is 0 Å². The highest BCUT2D eigenvalue weighted by Gasteiger charge is 2.19. The molecule has 0 saturated carbocycles. The maximum Gasteiger partial charge on any atom is 0.306 e. The Labute approximate surface area is 499 Å². The Kier molecular flexibility index (Phi) is 63.9. The lowest BCUT2D eigenvalue weighted by molar-refractivity contribution is -0.167. The molecule has 0 aromatic rings. The zero-order chi connectivity index (χ0) is 58.5.